The summed E-state index contributed by atoms with van der Waals surface area (Å²) in [6.07, 6.45) is 2.57. The summed E-state index contributed by atoms with van der Waals surface area (Å²) in [6, 6.07) is 0. The van der Waals surface area contributed by atoms with Crippen molar-refractivity contribution in [1.29, 1.82) is 0 Å². The summed E-state index contributed by atoms with van der Waals surface area (Å²) in [4.78, 5) is 0. The molecule has 0 aliphatic rings. The molecule has 0 unspecified atom stereocenters. The molecule has 0 rings (SSSR count). The number of rotatable bonds is 9. The smallest absolute Gasteiger partial charge is 0.214 e. The van der Waals surface area contributed by atoms with Crippen LogP contribution in [0.3, 0.4) is 0 Å². The SMILES string of the molecule is CCCNCCCS(=O)(=O)N(C)C(C)(C)CC. The quantitative estimate of drug-likeness (QED) is 0.646. The predicted octanol–water partition coefficient (Wildman–Crippen LogP) is 1.83. The minimum atomic E-state index is -3.12. The van der Waals surface area contributed by atoms with Crippen molar-refractivity contribution < 1.29 is 8.42 Å². The van der Waals surface area contributed by atoms with Crippen molar-refractivity contribution in [3.05, 3.63) is 0 Å². The van der Waals surface area contributed by atoms with Crippen LogP contribution in [0, 0.1) is 0 Å². The van der Waals surface area contributed by atoms with E-state index in [1.807, 2.05) is 20.8 Å². The Morgan fingerprint density at radius 2 is 1.76 bits per heavy atom. The Hall–Kier alpha value is -0.130. The number of nitrogens with one attached hydrogen (secondary N) is 1. The molecule has 0 fully saturated rings. The van der Waals surface area contributed by atoms with E-state index in [2.05, 4.69) is 12.2 Å². The molecule has 0 aliphatic heterocycles. The molecule has 0 atom stereocenters. The lowest BCUT2D eigenvalue weighted by Crippen LogP contribution is -2.45. The van der Waals surface area contributed by atoms with E-state index in [1.165, 1.54) is 4.31 Å². The lowest BCUT2D eigenvalue weighted by molar-refractivity contribution is 0.257. The molecular weight excluding hydrogens is 236 g/mol. The van der Waals surface area contributed by atoms with Crippen molar-refractivity contribution in [3.8, 4) is 0 Å². The van der Waals surface area contributed by atoms with Crippen LogP contribution >= 0.6 is 0 Å². The van der Waals surface area contributed by atoms with Gasteiger partial charge in [-0.15, -0.1) is 0 Å². The molecule has 5 heteroatoms. The number of sulfonamides is 1. The topological polar surface area (TPSA) is 49.4 Å². The van der Waals surface area contributed by atoms with Gasteiger partial charge in [-0.2, -0.15) is 4.31 Å². The second-order valence-electron chi connectivity index (χ2n) is 5.05. The second-order valence-corrected chi connectivity index (χ2v) is 7.17. The Morgan fingerprint density at radius 1 is 1.18 bits per heavy atom. The summed E-state index contributed by atoms with van der Waals surface area (Å²) in [7, 11) is -1.45. The van der Waals surface area contributed by atoms with Crippen LogP contribution in [-0.2, 0) is 10.0 Å². The van der Waals surface area contributed by atoms with Crippen molar-refractivity contribution in [3.63, 3.8) is 0 Å². The Morgan fingerprint density at radius 3 is 2.24 bits per heavy atom. The molecule has 4 nitrogen and oxygen atoms in total. The normalized spacial score (nSPS) is 13.3. The van der Waals surface area contributed by atoms with Crippen molar-refractivity contribution in [2.45, 2.75) is 52.5 Å². The molecule has 0 heterocycles. The Balaban J connectivity index is 4.20. The van der Waals surface area contributed by atoms with Crippen molar-refractivity contribution in [1.82, 2.24) is 9.62 Å². The van der Waals surface area contributed by atoms with Gasteiger partial charge in [-0.25, -0.2) is 8.42 Å². The molecule has 0 radical (unpaired) electrons. The van der Waals surface area contributed by atoms with Gasteiger partial charge in [-0.1, -0.05) is 13.8 Å². The Labute approximate surface area is 107 Å². The lowest BCUT2D eigenvalue weighted by atomic mass is 10.0. The van der Waals surface area contributed by atoms with Crippen molar-refractivity contribution >= 4 is 10.0 Å². The summed E-state index contributed by atoms with van der Waals surface area (Å²) < 4.78 is 25.6. The first kappa shape index (κ1) is 16.9. The number of hydrogen-bond donors (Lipinski definition) is 1. The van der Waals surface area contributed by atoms with Gasteiger partial charge in [-0.05, 0) is 46.2 Å². The maximum atomic E-state index is 12.1. The van der Waals surface area contributed by atoms with Crippen LogP contribution in [0.1, 0.15) is 47.0 Å². The van der Waals surface area contributed by atoms with Gasteiger partial charge in [0.1, 0.15) is 0 Å². The van der Waals surface area contributed by atoms with Gasteiger partial charge < -0.3 is 5.32 Å². The van der Waals surface area contributed by atoms with Crippen molar-refractivity contribution in [2.75, 3.05) is 25.9 Å². The fourth-order valence-electron chi connectivity index (χ4n) is 1.42. The summed E-state index contributed by atoms with van der Waals surface area (Å²) >= 11 is 0. The zero-order valence-corrected chi connectivity index (χ0v) is 12.7. The molecule has 104 valence electrons. The van der Waals surface area contributed by atoms with Gasteiger partial charge in [0.05, 0.1) is 5.75 Å². The van der Waals surface area contributed by atoms with E-state index in [4.69, 9.17) is 0 Å². The van der Waals surface area contributed by atoms with Crippen LogP contribution in [0.4, 0.5) is 0 Å². The highest BCUT2D eigenvalue weighted by Gasteiger charge is 2.30. The van der Waals surface area contributed by atoms with Crippen molar-refractivity contribution in [2.24, 2.45) is 0 Å². The highest BCUT2D eigenvalue weighted by atomic mass is 32.2. The summed E-state index contributed by atoms with van der Waals surface area (Å²) in [5.74, 6) is 0.226. The molecule has 0 bridgehead atoms. The average Bonchev–Trinajstić information content (AvgIpc) is 2.27. The summed E-state index contributed by atoms with van der Waals surface area (Å²) in [5, 5.41) is 3.22. The van der Waals surface area contributed by atoms with Crippen LogP contribution in [-0.4, -0.2) is 44.2 Å². The first-order chi connectivity index (χ1) is 7.78. The van der Waals surface area contributed by atoms with Crippen LogP contribution in [0.15, 0.2) is 0 Å². The largest absolute Gasteiger partial charge is 0.317 e. The predicted molar refractivity (Wildman–Crippen MR) is 73.7 cm³/mol. The molecule has 0 saturated heterocycles. The standard InChI is InChI=1S/C12H28N2O2S/c1-6-9-13-10-8-11-17(15,16)14(5)12(3,4)7-2/h13H,6-11H2,1-5H3. The van der Waals surface area contributed by atoms with Gasteiger partial charge >= 0.3 is 0 Å². The van der Waals surface area contributed by atoms with E-state index in [1.54, 1.807) is 7.05 Å². The average molecular weight is 264 g/mol. The highest BCUT2D eigenvalue weighted by molar-refractivity contribution is 7.89. The van der Waals surface area contributed by atoms with Crippen LogP contribution in [0.5, 0.6) is 0 Å². The van der Waals surface area contributed by atoms with Crippen LogP contribution < -0.4 is 5.32 Å². The maximum absolute atomic E-state index is 12.1. The minimum absolute atomic E-state index is 0.226. The Bertz CT molecular complexity index is 300. The van der Waals surface area contributed by atoms with E-state index in [0.717, 1.165) is 25.9 Å². The molecule has 17 heavy (non-hydrogen) atoms. The fraction of sp³-hybridized carbons (Fsp3) is 1.00. The van der Waals surface area contributed by atoms with Gasteiger partial charge in [0.2, 0.25) is 10.0 Å². The van der Waals surface area contributed by atoms with Gasteiger partial charge in [-0.3, -0.25) is 0 Å². The highest BCUT2D eigenvalue weighted by Crippen LogP contribution is 2.20. The van der Waals surface area contributed by atoms with Gasteiger partial charge in [0, 0.05) is 12.6 Å². The molecular formula is C12H28N2O2S. The monoisotopic (exact) mass is 264 g/mol. The molecule has 0 aromatic heterocycles. The van der Waals surface area contributed by atoms with Crippen LogP contribution in [0.2, 0.25) is 0 Å². The summed E-state index contributed by atoms with van der Waals surface area (Å²) in [5.41, 5.74) is -0.296. The van der Waals surface area contributed by atoms with Gasteiger partial charge in [0.15, 0.2) is 0 Å². The number of nitrogens with zero attached hydrogens (tertiary/aromatic N) is 1. The second kappa shape index (κ2) is 7.34. The molecule has 0 aromatic rings. The zero-order chi connectivity index (χ0) is 13.5. The first-order valence-electron chi connectivity index (χ1n) is 6.45. The zero-order valence-electron chi connectivity index (χ0n) is 11.9. The Kier molecular flexibility index (Phi) is 7.28. The number of hydrogen-bond acceptors (Lipinski definition) is 3. The van der Waals surface area contributed by atoms with E-state index in [9.17, 15) is 8.42 Å². The van der Waals surface area contributed by atoms with Gasteiger partial charge in [0.25, 0.3) is 0 Å². The molecule has 0 amide bonds. The molecule has 0 aliphatic carbocycles. The molecule has 0 saturated carbocycles. The van der Waals surface area contributed by atoms with E-state index in [-0.39, 0.29) is 11.3 Å². The lowest BCUT2D eigenvalue weighted by Gasteiger charge is -2.33. The first-order valence-corrected chi connectivity index (χ1v) is 8.06. The van der Waals surface area contributed by atoms with Crippen LogP contribution in [0.25, 0.3) is 0 Å². The molecule has 0 aromatic carbocycles. The molecule has 1 N–H and O–H groups in total. The third-order valence-corrected chi connectivity index (χ3v) is 5.45. The fourth-order valence-corrected chi connectivity index (χ4v) is 3.08. The van der Waals surface area contributed by atoms with E-state index >= 15 is 0 Å². The summed E-state index contributed by atoms with van der Waals surface area (Å²) in [6.45, 7) is 9.75. The molecule has 0 spiro atoms. The maximum Gasteiger partial charge on any atom is 0.214 e. The minimum Gasteiger partial charge on any atom is -0.317 e. The van der Waals surface area contributed by atoms with E-state index < -0.39 is 10.0 Å². The van der Waals surface area contributed by atoms with E-state index in [0.29, 0.717) is 6.42 Å². The third-order valence-electron chi connectivity index (χ3n) is 3.32. The third kappa shape index (κ3) is 5.84.